The minimum Gasteiger partial charge on any atom is -0.491 e. The lowest BCUT2D eigenvalue weighted by atomic mass is 9.59. The first-order chi connectivity index (χ1) is 21.4. The Morgan fingerprint density at radius 3 is 2.04 bits per heavy atom. The number of ether oxygens (including phenoxy) is 2. The van der Waals surface area contributed by atoms with E-state index in [0.29, 0.717) is 47.9 Å². The van der Waals surface area contributed by atoms with Crippen LogP contribution < -0.4 is 15.6 Å². The molecule has 0 amide bonds. The monoisotopic (exact) mass is 643 g/mol. The molecule has 4 bridgehead atoms. The van der Waals surface area contributed by atoms with Gasteiger partial charge in [0.2, 0.25) is 0 Å². The van der Waals surface area contributed by atoms with E-state index in [4.69, 9.17) is 9.47 Å². The van der Waals surface area contributed by atoms with Gasteiger partial charge in [0.1, 0.15) is 11.4 Å². The van der Waals surface area contributed by atoms with Crippen LogP contribution in [0.3, 0.4) is 0 Å². The van der Waals surface area contributed by atoms with E-state index in [0.717, 1.165) is 24.8 Å². The van der Waals surface area contributed by atoms with Gasteiger partial charge in [0, 0.05) is 5.56 Å². The van der Waals surface area contributed by atoms with E-state index in [1.165, 1.54) is 34.0 Å². The fourth-order valence-corrected chi connectivity index (χ4v) is 11.2. The summed E-state index contributed by atoms with van der Waals surface area (Å²) < 4.78 is 38.7. The van der Waals surface area contributed by atoms with E-state index in [2.05, 4.69) is 105 Å². The third-order valence-electron chi connectivity index (χ3n) is 10.2. The molecule has 4 aliphatic carbocycles. The molecule has 45 heavy (non-hydrogen) atoms. The van der Waals surface area contributed by atoms with E-state index in [1.807, 2.05) is 20.8 Å². The van der Waals surface area contributed by atoms with Gasteiger partial charge >= 0.3 is 5.25 Å². The number of hydrogen-bond acceptors (Lipinski definition) is 3. The normalized spacial score (nSPS) is 26.0. The van der Waals surface area contributed by atoms with Gasteiger partial charge in [-0.3, -0.25) is 0 Å². The first kappa shape index (κ1) is 32.1. The molecule has 7 rings (SSSR count). The molecule has 4 aliphatic rings. The molecule has 6 heteroatoms. The van der Waals surface area contributed by atoms with Crippen molar-refractivity contribution >= 4 is 42.7 Å². The molecule has 0 aliphatic heterocycles. The van der Waals surface area contributed by atoms with Crippen molar-refractivity contribution in [2.45, 2.75) is 69.6 Å². The maximum Gasteiger partial charge on any atom is 0.346 e. The van der Waals surface area contributed by atoms with Crippen LogP contribution in [0, 0.1) is 29.6 Å². The summed E-state index contributed by atoms with van der Waals surface area (Å²) in [5, 5.41) is 0.824. The largest absolute Gasteiger partial charge is 0.491 e. The highest BCUT2D eigenvalue weighted by Crippen LogP contribution is 2.59. The Hall–Kier alpha value is -2.83. The number of benzene rings is 3. The standard InChI is InChI=1S/C39H45F2O2SSi/c1-25(43-38(3,4)5)28-14-16-35(17-15-28)45(34-11-7-6-8-12-34)36-13-9-10-29(23-36)37-31-18-27-19-32(37)22-30(21-31)33(20-27)24-42-26(2)39(40,41)44/h6-17,23,27,30-33,37,44H,1-2,18-22,24H2,3-5H3/t27?,30?,31?,32?,33-,37?/m0/s1. The Morgan fingerprint density at radius 2 is 1.42 bits per heavy atom. The van der Waals surface area contributed by atoms with Crippen LogP contribution in [-0.4, -0.2) is 26.3 Å². The van der Waals surface area contributed by atoms with Gasteiger partial charge in [0.15, 0.2) is 14.6 Å². The summed E-state index contributed by atoms with van der Waals surface area (Å²) >= 11 is 3.35. The van der Waals surface area contributed by atoms with Gasteiger partial charge in [-0.15, -0.1) is 0 Å². The average molecular weight is 644 g/mol. The highest BCUT2D eigenvalue weighted by molar-refractivity contribution is 7.81. The molecule has 0 spiro atoms. The Labute approximate surface area is 275 Å². The molecular weight excluding hydrogens is 599 g/mol. The third kappa shape index (κ3) is 7.28. The molecule has 0 N–H and O–H groups in total. The number of hydrogen-bond donors (Lipinski definition) is 1. The zero-order valence-electron chi connectivity index (χ0n) is 26.6. The fourth-order valence-electron chi connectivity index (χ4n) is 8.49. The SMILES string of the molecule is C=C(OC(C)(C)C)c1ccc([Si](c2ccccc2)c2cccc(C3C4CC5CC3CC(C4)[C@H](COC(=C)C(F)(F)S)C5)c2)cc1. The summed E-state index contributed by atoms with van der Waals surface area (Å²) in [6, 6.07) is 29.2. The van der Waals surface area contributed by atoms with Crippen molar-refractivity contribution in [2.75, 3.05) is 6.61 Å². The predicted molar refractivity (Wildman–Crippen MR) is 186 cm³/mol. The number of alkyl halides is 2. The molecule has 3 aromatic carbocycles. The minimum absolute atomic E-state index is 0.292. The van der Waals surface area contributed by atoms with Crippen LogP contribution in [0.25, 0.3) is 5.76 Å². The highest BCUT2D eigenvalue weighted by atomic mass is 32.1. The second-order valence-corrected chi connectivity index (χ2v) is 17.5. The van der Waals surface area contributed by atoms with Crippen molar-refractivity contribution in [2.24, 2.45) is 29.6 Å². The summed E-state index contributed by atoms with van der Waals surface area (Å²) in [5.41, 5.74) is 2.19. The van der Waals surface area contributed by atoms with Crippen LogP contribution >= 0.6 is 12.6 Å². The number of rotatable bonds is 10. The van der Waals surface area contributed by atoms with Crippen LogP contribution in [0.15, 0.2) is 97.8 Å². The predicted octanol–water partition coefficient (Wildman–Crippen LogP) is 8.20. The topological polar surface area (TPSA) is 18.5 Å². The van der Waals surface area contributed by atoms with Crippen molar-refractivity contribution in [1.29, 1.82) is 0 Å². The second-order valence-electron chi connectivity index (χ2n) is 14.5. The Balaban J connectivity index is 1.24. The first-order valence-corrected chi connectivity index (χ1v) is 18.2. The highest BCUT2D eigenvalue weighted by Gasteiger charge is 2.49. The van der Waals surface area contributed by atoms with Gasteiger partial charge in [-0.2, -0.15) is 8.78 Å². The second kappa shape index (κ2) is 12.8. The molecule has 3 aromatic rings. The van der Waals surface area contributed by atoms with Crippen molar-refractivity contribution in [3.05, 3.63) is 109 Å². The molecule has 0 saturated heterocycles. The lowest BCUT2D eigenvalue weighted by Crippen LogP contribution is -2.52. The zero-order chi connectivity index (χ0) is 31.9. The summed E-state index contributed by atoms with van der Waals surface area (Å²) in [6.07, 6.45) is 5.82. The molecule has 4 saturated carbocycles. The van der Waals surface area contributed by atoms with Crippen molar-refractivity contribution < 1.29 is 18.3 Å². The molecule has 1 radical (unpaired) electrons. The quantitative estimate of drug-likeness (QED) is 0.104. The van der Waals surface area contributed by atoms with Crippen molar-refractivity contribution in [1.82, 2.24) is 0 Å². The van der Waals surface area contributed by atoms with Crippen molar-refractivity contribution in [3.8, 4) is 0 Å². The molecule has 2 unspecified atom stereocenters. The minimum atomic E-state index is -3.30. The van der Waals surface area contributed by atoms with Gasteiger partial charge < -0.3 is 9.47 Å². The van der Waals surface area contributed by atoms with Crippen LogP contribution in [-0.2, 0) is 9.47 Å². The summed E-state index contributed by atoms with van der Waals surface area (Å²) in [7, 11) is -1.24. The molecular formula is C39H45F2O2SSi. The third-order valence-corrected chi connectivity index (χ3v) is 13.1. The van der Waals surface area contributed by atoms with E-state index in [9.17, 15) is 8.78 Å². The van der Waals surface area contributed by atoms with Crippen LogP contribution in [0.4, 0.5) is 8.78 Å². The van der Waals surface area contributed by atoms with E-state index >= 15 is 0 Å². The maximum absolute atomic E-state index is 13.6. The number of fused-ring (bicyclic) bond motifs is 1. The van der Waals surface area contributed by atoms with Gasteiger partial charge in [-0.05, 0) is 93.9 Å². The lowest BCUT2D eigenvalue weighted by molar-refractivity contribution is 0.0283. The molecule has 3 atom stereocenters. The van der Waals surface area contributed by atoms with Crippen molar-refractivity contribution in [3.63, 3.8) is 0 Å². The smallest absolute Gasteiger partial charge is 0.346 e. The van der Waals surface area contributed by atoms with Crippen LogP contribution in [0.2, 0.25) is 0 Å². The lowest BCUT2D eigenvalue weighted by Gasteiger charge is -2.46. The van der Waals surface area contributed by atoms with Gasteiger partial charge in [-0.1, -0.05) is 120 Å². The van der Waals surface area contributed by atoms with Gasteiger partial charge in [-0.25, -0.2) is 0 Å². The van der Waals surface area contributed by atoms with E-state index in [1.54, 1.807) is 0 Å². The Bertz CT molecular complexity index is 1490. The average Bonchev–Trinajstić information content (AvgIpc) is 3.20. The fraction of sp³-hybridized carbons (Fsp3) is 0.436. The summed E-state index contributed by atoms with van der Waals surface area (Å²) in [4.78, 5) is 0. The van der Waals surface area contributed by atoms with E-state index < -0.39 is 19.8 Å². The molecule has 0 heterocycles. The summed E-state index contributed by atoms with van der Waals surface area (Å²) in [5.74, 6) is 3.45. The Morgan fingerprint density at radius 1 is 0.800 bits per heavy atom. The van der Waals surface area contributed by atoms with Crippen LogP contribution in [0.1, 0.15) is 69.9 Å². The Kier molecular flexibility index (Phi) is 9.10. The van der Waals surface area contributed by atoms with E-state index in [-0.39, 0.29) is 5.60 Å². The van der Waals surface area contributed by atoms with Crippen LogP contribution in [0.5, 0.6) is 0 Å². The summed E-state index contributed by atoms with van der Waals surface area (Å²) in [6.45, 7) is 14.1. The van der Waals surface area contributed by atoms with Gasteiger partial charge in [0.05, 0.1) is 6.61 Å². The van der Waals surface area contributed by atoms with Gasteiger partial charge in [0.25, 0.3) is 0 Å². The molecule has 0 aromatic heterocycles. The maximum atomic E-state index is 13.6. The zero-order valence-corrected chi connectivity index (χ0v) is 28.5. The number of halogens is 2. The number of thiol groups is 1. The molecule has 237 valence electrons. The molecule has 4 fully saturated rings. The molecule has 2 nitrogen and oxygen atoms in total. The first-order valence-electron chi connectivity index (χ1n) is 16.3.